The minimum absolute atomic E-state index is 0.270. The smallest absolute Gasteiger partial charge is 0.0672 e. The molecule has 3 heteroatoms. The van der Waals surface area contributed by atoms with Gasteiger partial charge in [-0.15, -0.1) is 0 Å². The van der Waals surface area contributed by atoms with Gasteiger partial charge in [0.15, 0.2) is 0 Å². The summed E-state index contributed by atoms with van der Waals surface area (Å²) in [5, 5.41) is 9.37. The van der Waals surface area contributed by atoms with Gasteiger partial charge < -0.3 is 0 Å². The number of nitrogens with zero attached hydrogens (tertiary/aromatic N) is 3. The van der Waals surface area contributed by atoms with Crippen LogP contribution < -0.4 is 0 Å². The van der Waals surface area contributed by atoms with E-state index in [-0.39, 0.29) is 5.92 Å². The number of rotatable bonds is 3. The SMILES string of the molecule is CCC(C)N1CCN(C2CC(C)CCC2C#N)CC1. The molecule has 2 fully saturated rings. The monoisotopic (exact) mass is 263 g/mol. The van der Waals surface area contributed by atoms with Crippen LogP contribution in [0, 0.1) is 23.2 Å². The Kier molecular flexibility index (Phi) is 5.24. The summed E-state index contributed by atoms with van der Waals surface area (Å²) in [5.41, 5.74) is 0. The highest BCUT2D eigenvalue weighted by atomic mass is 15.3. The van der Waals surface area contributed by atoms with Gasteiger partial charge in [-0.3, -0.25) is 9.80 Å². The minimum atomic E-state index is 0.270. The van der Waals surface area contributed by atoms with Gasteiger partial charge in [0.2, 0.25) is 0 Å². The normalized spacial score (nSPS) is 35.8. The molecule has 1 aliphatic heterocycles. The first-order chi connectivity index (χ1) is 9.15. The molecule has 0 aromatic carbocycles. The van der Waals surface area contributed by atoms with E-state index in [1.807, 2.05) is 0 Å². The van der Waals surface area contributed by atoms with Crippen molar-refractivity contribution in [3.8, 4) is 6.07 Å². The molecule has 4 unspecified atom stereocenters. The van der Waals surface area contributed by atoms with Gasteiger partial charge in [0.25, 0.3) is 0 Å². The zero-order chi connectivity index (χ0) is 13.8. The van der Waals surface area contributed by atoms with E-state index in [9.17, 15) is 5.26 Å². The van der Waals surface area contributed by atoms with E-state index in [2.05, 4.69) is 36.6 Å². The second kappa shape index (κ2) is 6.72. The number of hydrogen-bond acceptors (Lipinski definition) is 3. The Balaban J connectivity index is 1.90. The average Bonchev–Trinajstić information content (AvgIpc) is 2.46. The zero-order valence-electron chi connectivity index (χ0n) is 12.8. The van der Waals surface area contributed by atoms with Crippen LogP contribution in [0.5, 0.6) is 0 Å². The summed E-state index contributed by atoms with van der Waals surface area (Å²) in [5.74, 6) is 1.06. The number of nitriles is 1. The molecule has 108 valence electrons. The molecule has 0 amide bonds. The fraction of sp³-hybridized carbons (Fsp3) is 0.938. The van der Waals surface area contributed by atoms with E-state index in [1.165, 1.54) is 32.4 Å². The largest absolute Gasteiger partial charge is 0.298 e. The standard InChI is InChI=1S/C16H29N3/c1-4-14(3)18-7-9-19(10-8-18)16-11-13(2)5-6-15(16)12-17/h13-16H,4-11H2,1-3H3. The maximum absolute atomic E-state index is 9.37. The molecule has 0 aromatic heterocycles. The molecule has 3 nitrogen and oxygen atoms in total. The molecular weight excluding hydrogens is 234 g/mol. The molecule has 2 rings (SSSR count). The Morgan fingerprint density at radius 3 is 2.47 bits per heavy atom. The first-order valence-corrected chi connectivity index (χ1v) is 8.03. The second-order valence-corrected chi connectivity index (χ2v) is 6.55. The van der Waals surface area contributed by atoms with Crippen molar-refractivity contribution in [2.45, 2.75) is 58.5 Å². The Bertz CT molecular complexity index is 314. The quantitative estimate of drug-likeness (QED) is 0.784. The van der Waals surface area contributed by atoms with Gasteiger partial charge in [0, 0.05) is 38.3 Å². The lowest BCUT2D eigenvalue weighted by atomic mass is 9.79. The molecule has 1 heterocycles. The van der Waals surface area contributed by atoms with Gasteiger partial charge in [0.05, 0.1) is 12.0 Å². The van der Waals surface area contributed by atoms with Crippen molar-refractivity contribution in [3.05, 3.63) is 0 Å². The fourth-order valence-electron chi connectivity index (χ4n) is 3.67. The highest BCUT2D eigenvalue weighted by Crippen LogP contribution is 2.32. The highest BCUT2D eigenvalue weighted by Gasteiger charge is 2.34. The van der Waals surface area contributed by atoms with Crippen molar-refractivity contribution >= 4 is 0 Å². The Morgan fingerprint density at radius 2 is 1.89 bits per heavy atom. The van der Waals surface area contributed by atoms with Crippen molar-refractivity contribution in [2.24, 2.45) is 11.8 Å². The van der Waals surface area contributed by atoms with Gasteiger partial charge in [-0.1, -0.05) is 13.8 Å². The lowest BCUT2D eigenvalue weighted by molar-refractivity contribution is 0.0377. The highest BCUT2D eigenvalue weighted by molar-refractivity contribution is 4.98. The Hall–Kier alpha value is -0.590. The van der Waals surface area contributed by atoms with Crippen molar-refractivity contribution in [1.29, 1.82) is 5.26 Å². The lowest BCUT2D eigenvalue weighted by Gasteiger charge is -2.45. The Morgan fingerprint density at radius 1 is 1.21 bits per heavy atom. The summed E-state index contributed by atoms with van der Waals surface area (Å²) >= 11 is 0. The van der Waals surface area contributed by atoms with Crippen LogP contribution in [-0.4, -0.2) is 48.1 Å². The van der Waals surface area contributed by atoms with Gasteiger partial charge in [0.1, 0.15) is 0 Å². The predicted molar refractivity (Wildman–Crippen MR) is 78.8 cm³/mol. The summed E-state index contributed by atoms with van der Waals surface area (Å²) in [4.78, 5) is 5.20. The van der Waals surface area contributed by atoms with Crippen LogP contribution in [0.15, 0.2) is 0 Å². The van der Waals surface area contributed by atoms with Gasteiger partial charge in [-0.2, -0.15) is 5.26 Å². The van der Waals surface area contributed by atoms with E-state index in [0.29, 0.717) is 12.1 Å². The molecule has 19 heavy (non-hydrogen) atoms. The predicted octanol–water partition coefficient (Wildman–Crippen LogP) is 2.73. The van der Waals surface area contributed by atoms with Crippen LogP contribution in [0.4, 0.5) is 0 Å². The molecule has 0 N–H and O–H groups in total. The molecule has 1 saturated heterocycles. The molecule has 1 aliphatic carbocycles. The van der Waals surface area contributed by atoms with E-state index in [4.69, 9.17) is 0 Å². The molecule has 2 aliphatic rings. The summed E-state index contributed by atoms with van der Waals surface area (Å²) in [7, 11) is 0. The fourth-order valence-corrected chi connectivity index (χ4v) is 3.67. The summed E-state index contributed by atoms with van der Waals surface area (Å²) in [6.45, 7) is 11.6. The first-order valence-electron chi connectivity index (χ1n) is 8.03. The van der Waals surface area contributed by atoms with E-state index < -0.39 is 0 Å². The molecule has 0 aromatic rings. The van der Waals surface area contributed by atoms with Crippen LogP contribution in [0.25, 0.3) is 0 Å². The first kappa shape index (κ1) is 14.8. The summed E-state index contributed by atoms with van der Waals surface area (Å²) < 4.78 is 0. The molecular formula is C16H29N3. The maximum Gasteiger partial charge on any atom is 0.0672 e. The Labute approximate surface area is 118 Å². The molecule has 4 atom stereocenters. The van der Waals surface area contributed by atoms with Crippen molar-refractivity contribution < 1.29 is 0 Å². The van der Waals surface area contributed by atoms with Crippen LogP contribution in [0.3, 0.4) is 0 Å². The minimum Gasteiger partial charge on any atom is -0.298 e. The van der Waals surface area contributed by atoms with Gasteiger partial charge in [-0.25, -0.2) is 0 Å². The number of piperazine rings is 1. The van der Waals surface area contributed by atoms with E-state index >= 15 is 0 Å². The van der Waals surface area contributed by atoms with Crippen molar-refractivity contribution in [1.82, 2.24) is 9.80 Å². The second-order valence-electron chi connectivity index (χ2n) is 6.55. The van der Waals surface area contributed by atoms with Gasteiger partial charge >= 0.3 is 0 Å². The molecule has 1 saturated carbocycles. The molecule has 0 radical (unpaired) electrons. The van der Waals surface area contributed by atoms with Crippen molar-refractivity contribution in [2.75, 3.05) is 26.2 Å². The summed E-state index contributed by atoms with van der Waals surface area (Å²) in [6.07, 6.45) is 4.80. The van der Waals surface area contributed by atoms with Crippen LogP contribution in [-0.2, 0) is 0 Å². The maximum atomic E-state index is 9.37. The zero-order valence-corrected chi connectivity index (χ0v) is 12.8. The van der Waals surface area contributed by atoms with Crippen LogP contribution in [0.1, 0.15) is 46.5 Å². The van der Waals surface area contributed by atoms with E-state index in [0.717, 1.165) is 25.4 Å². The van der Waals surface area contributed by atoms with Gasteiger partial charge in [-0.05, 0) is 38.5 Å². The van der Waals surface area contributed by atoms with Crippen LogP contribution in [0.2, 0.25) is 0 Å². The summed E-state index contributed by atoms with van der Waals surface area (Å²) in [6, 6.07) is 3.79. The van der Waals surface area contributed by atoms with Crippen molar-refractivity contribution in [3.63, 3.8) is 0 Å². The third-order valence-corrected chi connectivity index (χ3v) is 5.28. The lowest BCUT2D eigenvalue weighted by Crippen LogP contribution is -2.55. The molecule has 0 spiro atoms. The van der Waals surface area contributed by atoms with E-state index in [1.54, 1.807) is 0 Å². The number of hydrogen-bond donors (Lipinski definition) is 0. The third-order valence-electron chi connectivity index (χ3n) is 5.28. The topological polar surface area (TPSA) is 30.3 Å². The average molecular weight is 263 g/mol. The van der Waals surface area contributed by atoms with Crippen LogP contribution >= 0.6 is 0 Å². The molecule has 0 bridgehead atoms. The third kappa shape index (κ3) is 3.49.